The number of methoxy groups -OCH3 is 1. The van der Waals surface area contributed by atoms with Crippen LogP contribution >= 0.6 is 11.3 Å². The Morgan fingerprint density at radius 3 is 2.53 bits per heavy atom. The van der Waals surface area contributed by atoms with Crippen LogP contribution in [-0.4, -0.2) is 29.4 Å². The smallest absolute Gasteiger partial charge is 0.341 e. The number of anilines is 1. The number of esters is 1. The Bertz CT molecular complexity index is 1060. The van der Waals surface area contributed by atoms with Gasteiger partial charge >= 0.3 is 5.97 Å². The lowest BCUT2D eigenvalue weighted by Gasteiger charge is -2.42. The number of nitro benzene ring substituents is 1. The Morgan fingerprint density at radius 2 is 1.93 bits per heavy atom. The van der Waals surface area contributed by atoms with E-state index in [0.29, 0.717) is 17.0 Å². The van der Waals surface area contributed by atoms with Crippen LogP contribution in [0.15, 0.2) is 18.2 Å². The molecule has 1 aromatic carbocycles. The van der Waals surface area contributed by atoms with Crippen LogP contribution < -0.4 is 10.6 Å². The van der Waals surface area contributed by atoms with Crippen molar-refractivity contribution in [3.05, 3.63) is 55.4 Å². The minimum absolute atomic E-state index is 0.131. The predicted octanol–water partition coefficient (Wildman–Crippen LogP) is 4.16. The second-order valence-corrected chi connectivity index (χ2v) is 9.60. The van der Waals surface area contributed by atoms with E-state index in [1.54, 1.807) is 0 Å². The zero-order valence-corrected chi connectivity index (χ0v) is 18.7. The maximum atomic E-state index is 13.0. The average Bonchev–Trinajstić information content (AvgIpc) is 2.97. The van der Waals surface area contributed by atoms with E-state index in [0.717, 1.165) is 10.4 Å². The molecule has 8 nitrogen and oxygen atoms in total. The number of benzene rings is 1. The number of fused-ring (bicyclic) bond motifs is 1. The molecule has 2 heterocycles. The Balaban J connectivity index is 2.09. The molecule has 0 saturated carbocycles. The summed E-state index contributed by atoms with van der Waals surface area (Å²) in [6, 6.07) is 4.35. The van der Waals surface area contributed by atoms with Gasteiger partial charge in [-0.3, -0.25) is 14.9 Å². The highest BCUT2D eigenvalue weighted by atomic mass is 32.1. The summed E-state index contributed by atoms with van der Waals surface area (Å²) in [5, 5.41) is 18.0. The molecule has 0 spiro atoms. The van der Waals surface area contributed by atoms with Gasteiger partial charge in [0.25, 0.3) is 11.6 Å². The van der Waals surface area contributed by atoms with Gasteiger partial charge in [-0.05, 0) is 52.7 Å². The maximum absolute atomic E-state index is 13.0. The molecule has 1 aliphatic rings. The van der Waals surface area contributed by atoms with Crippen molar-refractivity contribution in [2.45, 2.75) is 52.1 Å². The molecule has 0 radical (unpaired) electrons. The number of hydrogen-bond acceptors (Lipinski definition) is 7. The van der Waals surface area contributed by atoms with Gasteiger partial charge in [-0.25, -0.2) is 4.79 Å². The Kier molecular flexibility index (Phi) is 5.46. The molecule has 1 aromatic heterocycles. The maximum Gasteiger partial charge on any atom is 0.341 e. The van der Waals surface area contributed by atoms with Crippen molar-refractivity contribution >= 4 is 33.9 Å². The highest BCUT2D eigenvalue weighted by Crippen LogP contribution is 2.45. The predicted molar refractivity (Wildman–Crippen MR) is 115 cm³/mol. The number of nitro groups is 1. The minimum atomic E-state index is -0.522. The number of hydrogen-bond donors (Lipinski definition) is 2. The van der Waals surface area contributed by atoms with Crippen molar-refractivity contribution in [1.82, 2.24) is 5.32 Å². The molecular formula is C21H25N3O5S. The van der Waals surface area contributed by atoms with Gasteiger partial charge in [0.2, 0.25) is 0 Å². The lowest BCUT2D eigenvalue weighted by molar-refractivity contribution is -0.385. The van der Waals surface area contributed by atoms with E-state index in [1.165, 1.54) is 43.6 Å². The van der Waals surface area contributed by atoms with Crippen molar-refractivity contribution in [2.24, 2.45) is 0 Å². The van der Waals surface area contributed by atoms with Crippen LogP contribution in [0.3, 0.4) is 0 Å². The number of rotatable bonds is 4. The van der Waals surface area contributed by atoms with Gasteiger partial charge in [-0.1, -0.05) is 6.07 Å². The molecule has 160 valence electrons. The number of ether oxygens (including phenoxy) is 1. The third-order valence-corrected chi connectivity index (χ3v) is 6.68. The number of amides is 1. The molecule has 1 amide bonds. The molecule has 2 N–H and O–H groups in total. The minimum Gasteiger partial charge on any atom is -0.465 e. The molecule has 1 aliphatic heterocycles. The van der Waals surface area contributed by atoms with E-state index >= 15 is 0 Å². The summed E-state index contributed by atoms with van der Waals surface area (Å²) in [6.07, 6.45) is 0.596. The highest BCUT2D eigenvalue weighted by Gasteiger charge is 2.42. The third kappa shape index (κ3) is 3.82. The standard InChI is InChI=1S/C21H25N3O5S/c1-11-12(8-7-9-14(11)24(27)28)17(25)22-18-15(19(26)29-6)13-10-20(2,3)23-21(4,5)16(13)30-18/h7-9,23H,10H2,1-6H3,(H,22,25). The van der Waals surface area contributed by atoms with Crippen LogP contribution in [0.4, 0.5) is 10.7 Å². The summed E-state index contributed by atoms with van der Waals surface area (Å²) >= 11 is 1.32. The molecule has 0 aliphatic carbocycles. The summed E-state index contributed by atoms with van der Waals surface area (Å²) in [7, 11) is 1.31. The Morgan fingerprint density at radius 1 is 1.27 bits per heavy atom. The zero-order valence-electron chi connectivity index (χ0n) is 17.8. The first kappa shape index (κ1) is 21.9. The van der Waals surface area contributed by atoms with E-state index in [4.69, 9.17) is 4.74 Å². The van der Waals surface area contributed by atoms with E-state index in [9.17, 15) is 19.7 Å². The normalized spacial score (nSPS) is 16.5. The van der Waals surface area contributed by atoms with Crippen LogP contribution in [0.1, 0.15) is 64.4 Å². The highest BCUT2D eigenvalue weighted by molar-refractivity contribution is 7.17. The molecule has 0 fully saturated rings. The summed E-state index contributed by atoms with van der Waals surface area (Å²) < 4.78 is 5.01. The van der Waals surface area contributed by atoms with Crippen LogP contribution in [0.2, 0.25) is 0 Å². The van der Waals surface area contributed by atoms with Crippen molar-refractivity contribution in [3.8, 4) is 0 Å². The largest absolute Gasteiger partial charge is 0.465 e. The van der Waals surface area contributed by atoms with Crippen molar-refractivity contribution in [1.29, 1.82) is 0 Å². The number of nitrogens with one attached hydrogen (secondary N) is 2. The molecule has 3 rings (SSSR count). The molecule has 0 atom stereocenters. The van der Waals surface area contributed by atoms with Crippen LogP contribution in [0.5, 0.6) is 0 Å². The van der Waals surface area contributed by atoms with Crippen molar-refractivity contribution in [3.63, 3.8) is 0 Å². The van der Waals surface area contributed by atoms with Crippen LogP contribution in [0, 0.1) is 17.0 Å². The van der Waals surface area contributed by atoms with E-state index < -0.39 is 22.3 Å². The van der Waals surface area contributed by atoms with Crippen molar-refractivity contribution < 1.29 is 19.2 Å². The summed E-state index contributed by atoms with van der Waals surface area (Å²) in [5.41, 5.74) is 0.859. The molecule has 30 heavy (non-hydrogen) atoms. The molecular weight excluding hydrogens is 406 g/mol. The summed E-state index contributed by atoms with van der Waals surface area (Å²) in [6.45, 7) is 9.70. The molecule has 2 aromatic rings. The number of nitrogens with zero attached hydrogens (tertiary/aromatic N) is 1. The van der Waals surface area contributed by atoms with Gasteiger partial charge in [-0.15, -0.1) is 11.3 Å². The molecule has 0 bridgehead atoms. The topological polar surface area (TPSA) is 111 Å². The van der Waals surface area contributed by atoms with E-state index in [-0.39, 0.29) is 22.4 Å². The van der Waals surface area contributed by atoms with Crippen molar-refractivity contribution in [2.75, 3.05) is 12.4 Å². The van der Waals surface area contributed by atoms with Crippen LogP contribution in [-0.2, 0) is 16.7 Å². The number of carbonyl (C=O) groups is 2. The van der Waals surface area contributed by atoms with Gasteiger partial charge in [-0.2, -0.15) is 0 Å². The Labute approximate surface area is 178 Å². The molecule has 9 heteroatoms. The Hall–Kier alpha value is -2.78. The fourth-order valence-electron chi connectivity index (χ4n) is 4.17. The molecule has 0 saturated heterocycles. The van der Waals surface area contributed by atoms with Gasteiger partial charge < -0.3 is 15.4 Å². The van der Waals surface area contributed by atoms with Gasteiger partial charge in [0, 0.05) is 33.1 Å². The fraction of sp³-hybridized carbons (Fsp3) is 0.429. The monoisotopic (exact) mass is 431 g/mol. The van der Waals surface area contributed by atoms with Gasteiger partial charge in [0.15, 0.2) is 0 Å². The van der Waals surface area contributed by atoms with E-state index in [2.05, 4.69) is 24.5 Å². The lowest BCUT2D eigenvalue weighted by atomic mass is 9.81. The van der Waals surface area contributed by atoms with Crippen LogP contribution in [0.25, 0.3) is 0 Å². The summed E-state index contributed by atoms with van der Waals surface area (Å²) in [4.78, 5) is 37.3. The number of carbonyl (C=O) groups excluding carboxylic acids is 2. The lowest BCUT2D eigenvalue weighted by Crippen LogP contribution is -2.55. The summed E-state index contributed by atoms with van der Waals surface area (Å²) in [5.74, 6) is -1.03. The number of thiophene rings is 1. The fourth-order valence-corrected chi connectivity index (χ4v) is 5.43. The SMILES string of the molecule is COC(=O)c1c(NC(=O)c2cccc([N+](=O)[O-])c2C)sc2c1CC(C)(C)NC2(C)C. The first-order valence-corrected chi connectivity index (χ1v) is 10.3. The van der Waals surface area contributed by atoms with Gasteiger partial charge in [0.05, 0.1) is 17.6 Å². The van der Waals surface area contributed by atoms with E-state index in [1.807, 2.05) is 13.8 Å². The second-order valence-electron chi connectivity index (χ2n) is 8.58. The third-order valence-electron chi connectivity index (χ3n) is 5.21. The second kappa shape index (κ2) is 7.48. The quantitative estimate of drug-likeness (QED) is 0.427. The zero-order chi connectivity index (χ0) is 22.4. The first-order chi connectivity index (χ1) is 13.9. The average molecular weight is 432 g/mol. The first-order valence-electron chi connectivity index (χ1n) is 9.47. The molecule has 0 unspecified atom stereocenters. The van der Waals surface area contributed by atoms with Gasteiger partial charge in [0.1, 0.15) is 5.00 Å².